The van der Waals surface area contributed by atoms with E-state index in [2.05, 4.69) is 37.3 Å². The highest BCUT2D eigenvalue weighted by molar-refractivity contribution is 5.64. The molecule has 1 N–H and O–H groups in total. The lowest BCUT2D eigenvalue weighted by Crippen LogP contribution is -1.84. The molecule has 0 heterocycles. The summed E-state index contributed by atoms with van der Waals surface area (Å²) in [4.78, 5) is 8.36. The van der Waals surface area contributed by atoms with Crippen molar-refractivity contribution in [2.45, 2.75) is 19.8 Å². The minimum absolute atomic E-state index is 0.250. The molecule has 0 radical (unpaired) electrons. The average Bonchev–Trinajstić information content (AvgIpc) is 2.49. The van der Waals surface area contributed by atoms with E-state index in [0.29, 0.717) is 5.56 Å². The first-order chi connectivity index (χ1) is 9.74. The predicted octanol–water partition coefficient (Wildman–Crippen LogP) is 3.88. The number of nitriles is 1. The van der Waals surface area contributed by atoms with Crippen LogP contribution in [0.2, 0.25) is 0 Å². The number of aryl methyl sites for hydroxylation is 1. The summed E-state index contributed by atoms with van der Waals surface area (Å²) < 4.78 is 0. The van der Waals surface area contributed by atoms with Gasteiger partial charge >= 0.3 is 0 Å². The van der Waals surface area contributed by atoms with Crippen LogP contribution in [0, 0.1) is 11.3 Å². The fourth-order valence-corrected chi connectivity index (χ4v) is 1.89. The lowest BCUT2D eigenvalue weighted by Gasteiger charge is -2.03. The van der Waals surface area contributed by atoms with Crippen LogP contribution in [0.4, 0.5) is 0 Å². The second kappa shape index (κ2) is 8.49. The molecule has 0 atom stereocenters. The van der Waals surface area contributed by atoms with E-state index >= 15 is 0 Å². The number of carbonyl (C=O) groups is 1. The van der Waals surface area contributed by atoms with E-state index in [4.69, 9.17) is 15.2 Å². The molecule has 2 rings (SSSR count). The van der Waals surface area contributed by atoms with E-state index in [0.717, 1.165) is 12.0 Å². The van der Waals surface area contributed by atoms with E-state index in [1.165, 1.54) is 17.5 Å². The molecule has 20 heavy (non-hydrogen) atoms. The molecular weight excluding hydrogens is 250 g/mol. The molecule has 3 nitrogen and oxygen atoms in total. The van der Waals surface area contributed by atoms with Gasteiger partial charge < -0.3 is 5.11 Å². The van der Waals surface area contributed by atoms with Gasteiger partial charge in [-0.25, -0.2) is 0 Å². The van der Waals surface area contributed by atoms with Crippen molar-refractivity contribution in [1.29, 1.82) is 5.26 Å². The Balaban J connectivity index is 0.000000612. The maximum atomic E-state index is 8.74. The van der Waals surface area contributed by atoms with Gasteiger partial charge in [0, 0.05) is 0 Å². The summed E-state index contributed by atoms with van der Waals surface area (Å²) in [5.41, 5.74) is 4.45. The lowest BCUT2D eigenvalue weighted by atomic mass is 10.0. The first-order valence-corrected chi connectivity index (χ1v) is 6.42. The second-order valence-electron chi connectivity index (χ2n) is 4.24. The number of carboxylic acid groups (broad SMARTS) is 1. The summed E-state index contributed by atoms with van der Waals surface area (Å²) >= 11 is 0. The molecule has 2 aromatic carbocycles. The maximum Gasteiger partial charge on any atom is 0.290 e. The molecule has 0 aliphatic carbocycles. The molecule has 0 unspecified atom stereocenters. The van der Waals surface area contributed by atoms with Gasteiger partial charge in [0.25, 0.3) is 6.47 Å². The first kappa shape index (κ1) is 15.5. The molecule has 2 aromatic rings. The van der Waals surface area contributed by atoms with Gasteiger partial charge in [-0.2, -0.15) is 5.26 Å². The zero-order chi connectivity index (χ0) is 14.8. The Morgan fingerprint density at radius 1 is 1.05 bits per heavy atom. The third-order valence-corrected chi connectivity index (χ3v) is 2.84. The number of benzene rings is 2. The standard InChI is InChI=1S/C16H15N.CH2O2/c1-2-3-13-4-8-15(9-5-13)16-10-6-14(12-17)7-11-16;2-1-3/h4-11H,2-3H2,1H3;1H,(H,2,3). The Labute approximate surface area is 119 Å². The van der Waals surface area contributed by atoms with Crippen LogP contribution < -0.4 is 0 Å². The van der Waals surface area contributed by atoms with Crippen molar-refractivity contribution in [3.63, 3.8) is 0 Å². The molecule has 0 aliphatic rings. The van der Waals surface area contributed by atoms with Gasteiger partial charge in [-0.15, -0.1) is 0 Å². The molecular formula is C17H17NO2. The highest BCUT2D eigenvalue weighted by Gasteiger charge is 1.98. The van der Waals surface area contributed by atoms with Crippen molar-refractivity contribution in [2.75, 3.05) is 0 Å². The topological polar surface area (TPSA) is 61.1 Å². The van der Waals surface area contributed by atoms with E-state index in [-0.39, 0.29) is 6.47 Å². The minimum Gasteiger partial charge on any atom is -0.483 e. The molecule has 0 amide bonds. The largest absolute Gasteiger partial charge is 0.483 e. The quantitative estimate of drug-likeness (QED) is 0.858. The van der Waals surface area contributed by atoms with Crippen LogP contribution >= 0.6 is 0 Å². The molecule has 102 valence electrons. The van der Waals surface area contributed by atoms with Gasteiger partial charge in [0.1, 0.15) is 0 Å². The molecule has 0 saturated carbocycles. The number of nitrogens with zero attached hydrogens (tertiary/aromatic N) is 1. The molecule has 0 spiro atoms. The highest BCUT2D eigenvalue weighted by atomic mass is 16.3. The zero-order valence-electron chi connectivity index (χ0n) is 11.4. The highest BCUT2D eigenvalue weighted by Crippen LogP contribution is 2.20. The average molecular weight is 267 g/mol. The SMILES string of the molecule is CCCc1ccc(-c2ccc(C#N)cc2)cc1.O=CO. The molecule has 0 aromatic heterocycles. The van der Waals surface area contributed by atoms with Crippen molar-refractivity contribution < 1.29 is 9.90 Å². The van der Waals surface area contributed by atoms with Crippen molar-refractivity contribution in [1.82, 2.24) is 0 Å². The van der Waals surface area contributed by atoms with Crippen LogP contribution in [-0.4, -0.2) is 11.6 Å². The molecule has 3 heteroatoms. The Hall–Kier alpha value is -2.60. The van der Waals surface area contributed by atoms with Crippen LogP contribution in [0.15, 0.2) is 48.5 Å². The monoisotopic (exact) mass is 267 g/mol. The first-order valence-electron chi connectivity index (χ1n) is 6.42. The molecule has 0 bridgehead atoms. The third kappa shape index (κ3) is 4.58. The fraction of sp³-hybridized carbons (Fsp3) is 0.176. The van der Waals surface area contributed by atoms with Crippen molar-refractivity contribution in [3.8, 4) is 17.2 Å². The summed E-state index contributed by atoms with van der Waals surface area (Å²) in [6.45, 7) is 1.94. The minimum atomic E-state index is -0.250. The molecule has 0 aliphatic heterocycles. The fourth-order valence-electron chi connectivity index (χ4n) is 1.89. The number of hydrogen-bond donors (Lipinski definition) is 1. The Morgan fingerprint density at radius 3 is 1.90 bits per heavy atom. The molecule has 0 saturated heterocycles. The number of hydrogen-bond acceptors (Lipinski definition) is 2. The Morgan fingerprint density at radius 2 is 1.50 bits per heavy atom. The smallest absolute Gasteiger partial charge is 0.290 e. The summed E-state index contributed by atoms with van der Waals surface area (Å²) in [6.07, 6.45) is 2.31. The van der Waals surface area contributed by atoms with Gasteiger partial charge in [-0.3, -0.25) is 4.79 Å². The van der Waals surface area contributed by atoms with E-state index in [1.54, 1.807) is 0 Å². The van der Waals surface area contributed by atoms with Gasteiger partial charge in [0.2, 0.25) is 0 Å². The van der Waals surface area contributed by atoms with Crippen molar-refractivity contribution >= 4 is 6.47 Å². The second-order valence-corrected chi connectivity index (χ2v) is 4.24. The number of rotatable bonds is 3. The van der Waals surface area contributed by atoms with Gasteiger partial charge in [-0.05, 0) is 35.2 Å². The van der Waals surface area contributed by atoms with Crippen LogP contribution in [0.3, 0.4) is 0 Å². The third-order valence-electron chi connectivity index (χ3n) is 2.84. The van der Waals surface area contributed by atoms with Gasteiger partial charge in [0.05, 0.1) is 11.6 Å². The normalized spacial score (nSPS) is 9.00. The van der Waals surface area contributed by atoms with Crippen molar-refractivity contribution in [2.24, 2.45) is 0 Å². The van der Waals surface area contributed by atoms with Gasteiger partial charge in [0.15, 0.2) is 0 Å². The maximum absolute atomic E-state index is 8.74. The van der Waals surface area contributed by atoms with E-state index < -0.39 is 0 Å². The summed E-state index contributed by atoms with van der Waals surface area (Å²) in [6, 6.07) is 18.5. The van der Waals surface area contributed by atoms with Crippen molar-refractivity contribution in [3.05, 3.63) is 59.7 Å². The summed E-state index contributed by atoms with van der Waals surface area (Å²) in [7, 11) is 0. The van der Waals surface area contributed by atoms with Crippen LogP contribution in [-0.2, 0) is 11.2 Å². The molecule has 0 fully saturated rings. The van der Waals surface area contributed by atoms with E-state index in [1.807, 2.05) is 24.3 Å². The lowest BCUT2D eigenvalue weighted by molar-refractivity contribution is -0.122. The zero-order valence-corrected chi connectivity index (χ0v) is 11.4. The predicted molar refractivity (Wildman–Crippen MR) is 79.3 cm³/mol. The Kier molecular flexibility index (Phi) is 6.56. The van der Waals surface area contributed by atoms with Crippen LogP contribution in [0.25, 0.3) is 11.1 Å². The van der Waals surface area contributed by atoms with E-state index in [9.17, 15) is 0 Å². The van der Waals surface area contributed by atoms with Gasteiger partial charge in [-0.1, -0.05) is 49.7 Å². The van der Waals surface area contributed by atoms with Crippen LogP contribution in [0.5, 0.6) is 0 Å². The Bertz CT molecular complexity index is 565. The summed E-state index contributed by atoms with van der Waals surface area (Å²) in [5, 5.41) is 15.6. The van der Waals surface area contributed by atoms with Crippen LogP contribution in [0.1, 0.15) is 24.5 Å². The summed E-state index contributed by atoms with van der Waals surface area (Å²) in [5.74, 6) is 0.